The van der Waals surface area contributed by atoms with E-state index >= 15 is 0 Å². The van der Waals surface area contributed by atoms with E-state index in [1.54, 1.807) is 0 Å². The van der Waals surface area contributed by atoms with Gasteiger partial charge in [0.05, 0.1) is 0 Å². The average molecular weight is 238 g/mol. The van der Waals surface area contributed by atoms with Crippen molar-refractivity contribution in [1.29, 1.82) is 0 Å². The molecule has 1 aliphatic rings. The van der Waals surface area contributed by atoms with E-state index in [9.17, 15) is 0 Å². The van der Waals surface area contributed by atoms with Crippen molar-refractivity contribution in [2.75, 3.05) is 6.54 Å². The summed E-state index contributed by atoms with van der Waals surface area (Å²) in [6, 6.07) is 3.78. The van der Waals surface area contributed by atoms with Gasteiger partial charge in [0.2, 0.25) is 0 Å². The highest BCUT2D eigenvalue weighted by Gasteiger charge is 2.28. The van der Waals surface area contributed by atoms with Crippen LogP contribution in [0.3, 0.4) is 0 Å². The van der Waals surface area contributed by atoms with Crippen molar-refractivity contribution in [3.63, 3.8) is 0 Å². The van der Waals surface area contributed by atoms with Gasteiger partial charge in [-0.3, -0.25) is 4.90 Å². The third kappa shape index (κ3) is 2.31. The normalized spacial score (nSPS) is 29.2. The van der Waals surface area contributed by atoms with Crippen LogP contribution in [0.2, 0.25) is 0 Å². The minimum Gasteiger partial charge on any atom is -0.328 e. The Hall–Kier alpha value is -0.380. The molecule has 3 heteroatoms. The second-order valence-electron chi connectivity index (χ2n) is 5.02. The smallest absolute Gasteiger partial charge is 0.0418 e. The Morgan fingerprint density at radius 1 is 1.56 bits per heavy atom. The third-order valence-corrected chi connectivity index (χ3v) is 4.94. The molecule has 2 nitrogen and oxygen atoms in total. The van der Waals surface area contributed by atoms with Gasteiger partial charge in [0.1, 0.15) is 0 Å². The summed E-state index contributed by atoms with van der Waals surface area (Å²) >= 11 is 1.88. The summed E-state index contributed by atoms with van der Waals surface area (Å²) in [6.45, 7) is 7.98. The monoisotopic (exact) mass is 238 g/mol. The molecule has 2 N–H and O–H groups in total. The molecule has 3 unspecified atom stereocenters. The number of rotatable bonds is 2. The molecule has 1 aromatic heterocycles. The van der Waals surface area contributed by atoms with Gasteiger partial charge in [-0.05, 0) is 50.6 Å². The van der Waals surface area contributed by atoms with Crippen molar-refractivity contribution in [3.05, 3.63) is 21.9 Å². The highest BCUT2D eigenvalue weighted by atomic mass is 32.1. The molecule has 0 aliphatic carbocycles. The number of likely N-dealkylation sites (tertiary alicyclic amines) is 1. The molecule has 0 radical (unpaired) electrons. The van der Waals surface area contributed by atoms with E-state index in [0.29, 0.717) is 18.1 Å². The summed E-state index contributed by atoms with van der Waals surface area (Å²) in [5.74, 6) is 0. The molecule has 1 fully saturated rings. The van der Waals surface area contributed by atoms with Gasteiger partial charge in [-0.2, -0.15) is 0 Å². The molecule has 90 valence electrons. The van der Waals surface area contributed by atoms with Crippen LogP contribution >= 0.6 is 11.3 Å². The van der Waals surface area contributed by atoms with Crippen LogP contribution in [0.1, 0.15) is 43.2 Å². The third-order valence-electron chi connectivity index (χ3n) is 3.75. The molecule has 0 saturated carbocycles. The maximum atomic E-state index is 6.01. The van der Waals surface area contributed by atoms with Crippen LogP contribution in [0.25, 0.3) is 0 Å². The fraction of sp³-hybridized carbons (Fsp3) is 0.692. The van der Waals surface area contributed by atoms with Gasteiger partial charge in [-0.1, -0.05) is 0 Å². The Morgan fingerprint density at radius 3 is 2.88 bits per heavy atom. The van der Waals surface area contributed by atoms with Crippen molar-refractivity contribution in [2.45, 2.75) is 51.7 Å². The van der Waals surface area contributed by atoms with Crippen molar-refractivity contribution in [2.24, 2.45) is 5.73 Å². The first-order valence-corrected chi connectivity index (χ1v) is 7.03. The van der Waals surface area contributed by atoms with Crippen LogP contribution in [0, 0.1) is 6.92 Å². The lowest BCUT2D eigenvalue weighted by molar-refractivity contribution is 0.106. The van der Waals surface area contributed by atoms with Gasteiger partial charge in [0.25, 0.3) is 0 Å². The minimum absolute atomic E-state index is 0.405. The number of piperidine rings is 1. The van der Waals surface area contributed by atoms with Gasteiger partial charge in [-0.25, -0.2) is 0 Å². The quantitative estimate of drug-likeness (QED) is 0.858. The predicted molar refractivity (Wildman–Crippen MR) is 70.8 cm³/mol. The zero-order valence-electron chi connectivity index (χ0n) is 10.4. The number of aryl methyl sites for hydroxylation is 1. The fourth-order valence-corrected chi connectivity index (χ4v) is 3.77. The van der Waals surface area contributed by atoms with E-state index in [4.69, 9.17) is 5.73 Å². The standard InChI is InChI=1S/C13H22N2S/c1-9-5-7-16-13(9)11(3)15-6-4-12(14)8-10(15)2/h5,7,10-12H,4,6,8,14H2,1-3H3. The largest absolute Gasteiger partial charge is 0.328 e. The first-order chi connectivity index (χ1) is 7.59. The number of nitrogens with two attached hydrogens (primary N) is 1. The molecule has 1 aliphatic heterocycles. The summed E-state index contributed by atoms with van der Waals surface area (Å²) in [4.78, 5) is 4.12. The number of thiophene rings is 1. The molecule has 0 amide bonds. The first kappa shape index (κ1) is 12.1. The number of hydrogen-bond acceptors (Lipinski definition) is 3. The lowest BCUT2D eigenvalue weighted by Gasteiger charge is -2.40. The summed E-state index contributed by atoms with van der Waals surface area (Å²) in [5, 5.41) is 2.20. The van der Waals surface area contributed by atoms with Crippen LogP contribution in [-0.4, -0.2) is 23.5 Å². The Kier molecular flexibility index (Phi) is 3.67. The molecule has 2 heterocycles. The lowest BCUT2D eigenvalue weighted by atomic mass is 9.96. The SMILES string of the molecule is Cc1ccsc1C(C)N1CCC(N)CC1C. The van der Waals surface area contributed by atoms with E-state index in [1.807, 2.05) is 11.3 Å². The Labute approximate surface area is 102 Å². The predicted octanol–water partition coefficient (Wildman–Crippen LogP) is 2.93. The summed E-state index contributed by atoms with van der Waals surface area (Å²) in [7, 11) is 0. The first-order valence-electron chi connectivity index (χ1n) is 6.15. The molecular formula is C13H22N2S. The van der Waals surface area contributed by atoms with Gasteiger partial charge in [0, 0.05) is 29.5 Å². The molecule has 3 atom stereocenters. The van der Waals surface area contributed by atoms with Gasteiger partial charge >= 0.3 is 0 Å². The molecule has 0 spiro atoms. The van der Waals surface area contributed by atoms with Crippen LogP contribution in [-0.2, 0) is 0 Å². The molecule has 16 heavy (non-hydrogen) atoms. The molecule has 2 rings (SSSR count). The maximum Gasteiger partial charge on any atom is 0.0418 e. The molecule has 0 aromatic carbocycles. The second-order valence-corrected chi connectivity index (χ2v) is 5.96. The Balaban J connectivity index is 2.10. The number of hydrogen-bond donors (Lipinski definition) is 1. The average Bonchev–Trinajstić information content (AvgIpc) is 2.63. The van der Waals surface area contributed by atoms with Crippen molar-refractivity contribution in [3.8, 4) is 0 Å². The van der Waals surface area contributed by atoms with Gasteiger partial charge < -0.3 is 5.73 Å². The van der Waals surface area contributed by atoms with E-state index in [-0.39, 0.29) is 0 Å². The van der Waals surface area contributed by atoms with Crippen molar-refractivity contribution in [1.82, 2.24) is 4.90 Å². The zero-order chi connectivity index (χ0) is 11.7. The highest BCUT2D eigenvalue weighted by molar-refractivity contribution is 7.10. The van der Waals surface area contributed by atoms with E-state index in [2.05, 4.69) is 37.1 Å². The van der Waals surface area contributed by atoms with Crippen molar-refractivity contribution < 1.29 is 0 Å². The molecule has 0 bridgehead atoms. The molecular weight excluding hydrogens is 216 g/mol. The summed E-state index contributed by atoms with van der Waals surface area (Å²) in [5.41, 5.74) is 7.44. The fourth-order valence-electron chi connectivity index (χ4n) is 2.77. The maximum absolute atomic E-state index is 6.01. The molecule has 1 saturated heterocycles. The van der Waals surface area contributed by atoms with Crippen LogP contribution in [0.5, 0.6) is 0 Å². The molecule has 1 aromatic rings. The Morgan fingerprint density at radius 2 is 2.31 bits per heavy atom. The van der Waals surface area contributed by atoms with Gasteiger partial charge in [0.15, 0.2) is 0 Å². The minimum atomic E-state index is 0.405. The van der Waals surface area contributed by atoms with Crippen molar-refractivity contribution >= 4 is 11.3 Å². The summed E-state index contributed by atoms with van der Waals surface area (Å²) in [6.07, 6.45) is 2.27. The lowest BCUT2D eigenvalue weighted by Crippen LogP contribution is -2.46. The van der Waals surface area contributed by atoms with E-state index in [1.165, 1.54) is 10.4 Å². The summed E-state index contributed by atoms with van der Waals surface area (Å²) < 4.78 is 0. The van der Waals surface area contributed by atoms with Crippen LogP contribution < -0.4 is 5.73 Å². The second kappa shape index (κ2) is 4.86. The topological polar surface area (TPSA) is 29.3 Å². The Bertz CT molecular complexity index is 347. The highest BCUT2D eigenvalue weighted by Crippen LogP contribution is 2.32. The van der Waals surface area contributed by atoms with Gasteiger partial charge in [-0.15, -0.1) is 11.3 Å². The van der Waals surface area contributed by atoms with E-state index in [0.717, 1.165) is 19.4 Å². The van der Waals surface area contributed by atoms with Crippen LogP contribution in [0.15, 0.2) is 11.4 Å². The number of nitrogens with zero attached hydrogens (tertiary/aromatic N) is 1. The zero-order valence-corrected chi connectivity index (χ0v) is 11.3. The van der Waals surface area contributed by atoms with Crippen LogP contribution in [0.4, 0.5) is 0 Å². The van der Waals surface area contributed by atoms with E-state index < -0.39 is 0 Å².